The van der Waals surface area contributed by atoms with Gasteiger partial charge in [-0.25, -0.2) is 18.0 Å². The van der Waals surface area contributed by atoms with Crippen molar-refractivity contribution in [3.05, 3.63) is 131 Å². The summed E-state index contributed by atoms with van der Waals surface area (Å²) < 4.78 is 33.4. The van der Waals surface area contributed by atoms with Gasteiger partial charge < -0.3 is 19.7 Å². The molecule has 0 unspecified atom stereocenters. The number of ether oxygens (including phenoxy) is 2. The summed E-state index contributed by atoms with van der Waals surface area (Å²) in [7, 11) is -3.38. The molecule has 4 aromatic carbocycles. The molecule has 4 rings (SSSR count). The van der Waals surface area contributed by atoms with Crippen molar-refractivity contribution in [3.63, 3.8) is 0 Å². The first kappa shape index (κ1) is 39.0. The molecule has 0 heterocycles. The van der Waals surface area contributed by atoms with Crippen LogP contribution in [0.4, 0.5) is 0 Å². The smallest absolute Gasteiger partial charge is 0.336 e. The molecule has 0 spiro atoms. The topological polar surface area (TPSA) is 161 Å². The SMILES string of the molecule is CC(=O)OC/C(=C(\C(=O)O)c1ccccc1)c1ccc(S(C)(=O)=O)cc1.CSc1ccc(/C(COC(C)=O)=C(/C(=O)O)c2ccccc2)cc1. The molecule has 0 aliphatic rings. The van der Waals surface area contributed by atoms with Crippen LogP contribution < -0.4 is 0 Å². The van der Waals surface area contributed by atoms with Crippen LogP contribution in [0.1, 0.15) is 36.1 Å². The van der Waals surface area contributed by atoms with Crippen molar-refractivity contribution in [2.45, 2.75) is 23.6 Å². The number of carboxylic acid groups (broad SMARTS) is 2. The summed E-state index contributed by atoms with van der Waals surface area (Å²) in [5, 5.41) is 19.4. The summed E-state index contributed by atoms with van der Waals surface area (Å²) in [6.45, 7) is 2.19. The van der Waals surface area contributed by atoms with Crippen LogP contribution in [0.15, 0.2) is 119 Å². The molecule has 10 nitrogen and oxygen atoms in total. The lowest BCUT2D eigenvalue weighted by Crippen LogP contribution is -2.10. The van der Waals surface area contributed by atoms with Crippen LogP contribution in [0.2, 0.25) is 0 Å². The van der Waals surface area contributed by atoms with Crippen LogP contribution in [0.5, 0.6) is 0 Å². The van der Waals surface area contributed by atoms with E-state index in [1.807, 2.05) is 36.6 Å². The van der Waals surface area contributed by atoms with Crippen LogP contribution in [0, 0.1) is 0 Å². The minimum Gasteiger partial charge on any atom is -0.478 e. The summed E-state index contributed by atoms with van der Waals surface area (Å²) in [5.41, 5.74) is 3.06. The number of carbonyl (C=O) groups excluding carboxylic acids is 2. The minimum absolute atomic E-state index is 0.0149. The Morgan fingerprint density at radius 2 is 0.940 bits per heavy atom. The lowest BCUT2D eigenvalue weighted by atomic mass is 9.95. The van der Waals surface area contributed by atoms with Crippen LogP contribution in [0.3, 0.4) is 0 Å². The molecular weight excluding hydrogens is 681 g/mol. The molecule has 0 bridgehead atoms. The fourth-order valence-corrected chi connectivity index (χ4v) is 5.74. The second-order valence-electron chi connectivity index (χ2n) is 10.6. The zero-order chi connectivity index (χ0) is 36.8. The third-order valence-electron chi connectivity index (χ3n) is 7.07. The number of hydrogen-bond donors (Lipinski definition) is 2. The van der Waals surface area contributed by atoms with E-state index in [9.17, 15) is 37.8 Å². The van der Waals surface area contributed by atoms with E-state index >= 15 is 0 Å². The molecule has 2 N–H and O–H groups in total. The zero-order valence-electron chi connectivity index (χ0n) is 27.8. The van der Waals surface area contributed by atoms with Gasteiger partial charge in [0.25, 0.3) is 0 Å². The Labute approximate surface area is 295 Å². The van der Waals surface area contributed by atoms with E-state index in [1.165, 1.54) is 38.1 Å². The van der Waals surface area contributed by atoms with E-state index in [1.54, 1.807) is 66.4 Å². The molecule has 50 heavy (non-hydrogen) atoms. The Bertz CT molecular complexity index is 1980. The highest BCUT2D eigenvalue weighted by Gasteiger charge is 2.21. The van der Waals surface area contributed by atoms with E-state index in [0.29, 0.717) is 22.3 Å². The predicted octanol–water partition coefficient (Wildman–Crippen LogP) is 6.62. The van der Waals surface area contributed by atoms with Crippen molar-refractivity contribution in [2.24, 2.45) is 0 Å². The lowest BCUT2D eigenvalue weighted by Gasteiger charge is -2.14. The largest absolute Gasteiger partial charge is 0.478 e. The van der Waals surface area contributed by atoms with Crippen LogP contribution >= 0.6 is 11.8 Å². The number of thioether (sulfide) groups is 1. The van der Waals surface area contributed by atoms with Crippen molar-refractivity contribution in [1.82, 2.24) is 0 Å². The fraction of sp³-hybridized carbons (Fsp3) is 0.158. The molecule has 0 aliphatic carbocycles. The van der Waals surface area contributed by atoms with E-state index < -0.39 is 33.7 Å². The van der Waals surface area contributed by atoms with Crippen molar-refractivity contribution in [3.8, 4) is 0 Å². The van der Waals surface area contributed by atoms with Crippen molar-refractivity contribution >= 4 is 67.8 Å². The molecular formula is C38H36O10S2. The molecule has 0 aliphatic heterocycles. The van der Waals surface area contributed by atoms with Crippen molar-refractivity contribution < 1.29 is 47.3 Å². The summed E-state index contributed by atoms with van der Waals surface area (Å²) in [6, 6.07) is 30.6. The predicted molar refractivity (Wildman–Crippen MR) is 193 cm³/mol. The second kappa shape index (κ2) is 18.3. The zero-order valence-corrected chi connectivity index (χ0v) is 29.4. The van der Waals surface area contributed by atoms with E-state index in [0.717, 1.165) is 16.7 Å². The second-order valence-corrected chi connectivity index (χ2v) is 13.5. The number of carbonyl (C=O) groups is 4. The summed E-state index contributed by atoms with van der Waals surface area (Å²) in [6.07, 6.45) is 3.06. The van der Waals surface area contributed by atoms with Gasteiger partial charge in [0.1, 0.15) is 13.2 Å². The molecule has 0 fully saturated rings. The maximum atomic E-state index is 11.9. The van der Waals surface area contributed by atoms with Crippen molar-refractivity contribution in [2.75, 3.05) is 25.7 Å². The number of sulfone groups is 1. The minimum atomic E-state index is -3.38. The Hall–Kier alpha value is -5.46. The summed E-state index contributed by atoms with van der Waals surface area (Å²) in [5.74, 6) is -3.23. The average molecular weight is 717 g/mol. The third kappa shape index (κ3) is 11.3. The quantitative estimate of drug-likeness (QED) is 0.0702. The first-order valence-corrected chi connectivity index (χ1v) is 18.1. The maximum Gasteiger partial charge on any atom is 0.336 e. The standard InChI is InChI=1S/C19H18O6S.C19H18O4S/c1-13(20)25-12-17(14-8-10-16(11-9-14)26(2,23)24)18(19(21)22)15-6-4-3-5-7-15;1-13(20)23-12-17(14-8-10-16(24-2)11-9-14)18(19(21)22)15-6-4-3-5-7-15/h3-11H,12H2,1-2H3,(H,21,22);3-11H,12H2,1-2H3,(H,21,22)/b2*18-17+. The molecule has 12 heteroatoms. The van der Waals surface area contributed by atoms with Gasteiger partial charge in [0.2, 0.25) is 0 Å². The Morgan fingerprint density at radius 3 is 1.24 bits per heavy atom. The molecule has 0 radical (unpaired) electrons. The summed E-state index contributed by atoms with van der Waals surface area (Å²) >= 11 is 1.60. The number of benzene rings is 4. The molecule has 0 saturated carbocycles. The van der Waals surface area contributed by atoms with Gasteiger partial charge in [0.05, 0.1) is 16.0 Å². The highest BCUT2D eigenvalue weighted by atomic mass is 32.2. The molecule has 0 amide bonds. The highest BCUT2D eigenvalue weighted by molar-refractivity contribution is 7.98. The monoisotopic (exact) mass is 716 g/mol. The first-order chi connectivity index (χ1) is 23.7. The van der Waals surface area contributed by atoms with Gasteiger partial charge in [-0.2, -0.15) is 0 Å². The van der Waals surface area contributed by atoms with Gasteiger partial charge in [0, 0.05) is 36.1 Å². The number of rotatable bonds is 12. The first-order valence-electron chi connectivity index (χ1n) is 15.0. The van der Waals surface area contributed by atoms with Crippen LogP contribution in [-0.4, -0.2) is 68.2 Å². The van der Waals surface area contributed by atoms with Gasteiger partial charge in [-0.1, -0.05) is 84.9 Å². The molecule has 260 valence electrons. The summed E-state index contributed by atoms with van der Waals surface area (Å²) in [4.78, 5) is 47.4. The average Bonchev–Trinajstić information content (AvgIpc) is 3.08. The van der Waals surface area contributed by atoms with Gasteiger partial charge in [0.15, 0.2) is 9.84 Å². The third-order valence-corrected chi connectivity index (χ3v) is 8.94. The van der Waals surface area contributed by atoms with E-state index in [-0.39, 0.29) is 34.8 Å². The molecule has 0 aromatic heterocycles. The lowest BCUT2D eigenvalue weighted by molar-refractivity contribution is -0.140. The molecule has 0 saturated heterocycles. The number of carboxylic acids is 2. The van der Waals surface area contributed by atoms with E-state index in [2.05, 4.69) is 0 Å². The Morgan fingerprint density at radius 1 is 0.580 bits per heavy atom. The van der Waals surface area contributed by atoms with Gasteiger partial charge in [-0.15, -0.1) is 11.8 Å². The van der Waals surface area contributed by atoms with E-state index in [4.69, 9.17) is 9.47 Å². The van der Waals surface area contributed by atoms with Crippen molar-refractivity contribution in [1.29, 1.82) is 0 Å². The highest BCUT2D eigenvalue weighted by Crippen LogP contribution is 2.30. The number of hydrogen-bond acceptors (Lipinski definition) is 9. The molecule has 4 aromatic rings. The fourth-order valence-electron chi connectivity index (χ4n) is 4.71. The molecule has 0 atom stereocenters. The maximum absolute atomic E-state index is 11.9. The van der Waals surface area contributed by atoms with Crippen LogP contribution in [0.25, 0.3) is 22.3 Å². The van der Waals surface area contributed by atoms with Gasteiger partial charge in [-0.05, 0) is 52.8 Å². The normalized spacial score (nSPS) is 11.9. The Kier molecular flexibility index (Phi) is 14.3. The van der Waals surface area contributed by atoms with Gasteiger partial charge in [-0.3, -0.25) is 9.59 Å². The van der Waals surface area contributed by atoms with Crippen LogP contribution in [-0.2, 0) is 38.5 Å². The number of esters is 2. The number of aliphatic carboxylic acids is 2. The van der Waals surface area contributed by atoms with Gasteiger partial charge >= 0.3 is 23.9 Å². The Balaban J connectivity index is 0.000000271.